The van der Waals surface area contributed by atoms with Crippen molar-refractivity contribution >= 4 is 32.3 Å². The van der Waals surface area contributed by atoms with Gasteiger partial charge in [-0.15, -0.1) is 11.3 Å². The smallest absolute Gasteiger partial charge is 0.305 e. The Balaban J connectivity index is 2.56. The molecule has 0 aliphatic rings. The minimum atomic E-state index is -3.54. The van der Waals surface area contributed by atoms with Crippen LogP contribution in [0.25, 0.3) is 0 Å². The monoisotopic (exact) mass is 288 g/mol. The van der Waals surface area contributed by atoms with Crippen molar-refractivity contribution in [3.05, 3.63) is 17.0 Å². The number of sulfonamides is 1. The van der Waals surface area contributed by atoms with Crippen LogP contribution in [0.15, 0.2) is 11.4 Å². The van der Waals surface area contributed by atoms with Crippen molar-refractivity contribution in [2.24, 2.45) is 0 Å². The highest BCUT2D eigenvalue weighted by molar-refractivity contribution is 7.92. The summed E-state index contributed by atoms with van der Waals surface area (Å²) in [4.78, 5) is 10.8. The highest BCUT2D eigenvalue weighted by Gasteiger charge is 2.14. The minimum absolute atomic E-state index is 0.0486. The molecule has 1 aromatic rings. The summed E-state index contributed by atoms with van der Waals surface area (Å²) < 4.78 is 30.1. The molecule has 1 rings (SSSR count). The topological polar surface area (TPSA) is 96.3 Å². The number of carbonyl (C=O) groups excluding carboxylic acids is 1. The summed E-state index contributed by atoms with van der Waals surface area (Å²) in [5.74, 6) is -0.635. The van der Waals surface area contributed by atoms with Gasteiger partial charge in [-0.2, -0.15) is 5.26 Å². The predicted molar refractivity (Wildman–Crippen MR) is 67.7 cm³/mol. The molecule has 0 aliphatic heterocycles. The summed E-state index contributed by atoms with van der Waals surface area (Å²) in [5, 5.41) is 10.7. The van der Waals surface area contributed by atoms with Gasteiger partial charge in [-0.3, -0.25) is 9.52 Å². The lowest BCUT2D eigenvalue weighted by molar-refractivity contribution is -0.140. The number of esters is 1. The third-order valence-electron chi connectivity index (χ3n) is 2.06. The standard InChI is InChI=1S/C10H12N2O4S2/c1-16-9(13)3-2-6-18(14,15)12-10-8(7-11)4-5-17-10/h4-5,12H,2-3,6H2,1H3. The fourth-order valence-electron chi connectivity index (χ4n) is 1.18. The predicted octanol–water partition coefficient (Wildman–Crippen LogP) is 1.31. The Bertz CT molecular complexity index is 557. The second-order valence-corrected chi connectivity index (χ2v) is 6.13. The average molecular weight is 288 g/mol. The van der Waals surface area contributed by atoms with Gasteiger partial charge >= 0.3 is 5.97 Å². The van der Waals surface area contributed by atoms with Crippen LogP contribution in [-0.4, -0.2) is 27.2 Å². The van der Waals surface area contributed by atoms with Gasteiger partial charge in [0.05, 0.1) is 18.4 Å². The molecule has 6 nitrogen and oxygen atoms in total. The number of thiophene rings is 1. The molecular weight excluding hydrogens is 276 g/mol. The molecule has 0 amide bonds. The summed E-state index contributed by atoms with van der Waals surface area (Å²) in [6.07, 6.45) is 0.224. The van der Waals surface area contributed by atoms with E-state index in [4.69, 9.17) is 5.26 Å². The molecule has 0 aliphatic carbocycles. The summed E-state index contributed by atoms with van der Waals surface area (Å²) >= 11 is 1.14. The number of nitrogens with zero attached hydrogens (tertiary/aromatic N) is 1. The van der Waals surface area contributed by atoms with E-state index in [1.807, 2.05) is 6.07 Å². The number of nitriles is 1. The number of hydrogen-bond donors (Lipinski definition) is 1. The molecule has 1 aromatic heterocycles. The number of nitrogens with one attached hydrogen (secondary N) is 1. The van der Waals surface area contributed by atoms with Gasteiger partial charge < -0.3 is 4.74 Å². The van der Waals surface area contributed by atoms with Crippen molar-refractivity contribution in [3.8, 4) is 6.07 Å². The molecule has 0 spiro atoms. The molecule has 0 radical (unpaired) electrons. The Morgan fingerprint density at radius 1 is 1.61 bits per heavy atom. The molecule has 0 unspecified atom stereocenters. The molecule has 1 N–H and O–H groups in total. The molecule has 98 valence electrons. The quantitative estimate of drug-likeness (QED) is 0.796. The van der Waals surface area contributed by atoms with E-state index in [2.05, 4.69) is 9.46 Å². The van der Waals surface area contributed by atoms with Crippen LogP contribution in [0.4, 0.5) is 5.00 Å². The maximum absolute atomic E-state index is 11.7. The van der Waals surface area contributed by atoms with E-state index in [0.29, 0.717) is 5.00 Å². The molecular formula is C10H12N2O4S2. The van der Waals surface area contributed by atoms with Crippen LogP contribution in [0.1, 0.15) is 18.4 Å². The van der Waals surface area contributed by atoms with Crippen molar-refractivity contribution in [1.82, 2.24) is 0 Å². The van der Waals surface area contributed by atoms with Gasteiger partial charge in [0, 0.05) is 6.42 Å². The number of rotatable bonds is 6. The van der Waals surface area contributed by atoms with E-state index in [-0.39, 0.29) is 24.2 Å². The lowest BCUT2D eigenvalue weighted by Crippen LogP contribution is -2.17. The number of ether oxygens (including phenoxy) is 1. The molecule has 18 heavy (non-hydrogen) atoms. The largest absolute Gasteiger partial charge is 0.469 e. The van der Waals surface area contributed by atoms with Crippen LogP contribution in [-0.2, 0) is 19.6 Å². The zero-order chi connectivity index (χ0) is 13.6. The first-order valence-electron chi connectivity index (χ1n) is 5.03. The fourth-order valence-corrected chi connectivity index (χ4v) is 3.35. The Kier molecular flexibility index (Phi) is 5.12. The van der Waals surface area contributed by atoms with E-state index >= 15 is 0 Å². The van der Waals surface area contributed by atoms with E-state index < -0.39 is 16.0 Å². The molecule has 0 fully saturated rings. The number of carbonyl (C=O) groups is 1. The molecule has 0 bridgehead atoms. The third kappa shape index (κ3) is 4.35. The summed E-state index contributed by atoms with van der Waals surface area (Å²) in [6, 6.07) is 3.43. The number of anilines is 1. The Hall–Kier alpha value is -1.59. The van der Waals surface area contributed by atoms with Gasteiger partial charge in [0.1, 0.15) is 11.1 Å². The van der Waals surface area contributed by atoms with Crippen LogP contribution < -0.4 is 4.72 Å². The molecule has 0 saturated heterocycles. The van der Waals surface area contributed by atoms with Gasteiger partial charge in [0.2, 0.25) is 10.0 Å². The average Bonchev–Trinajstić information content (AvgIpc) is 2.74. The van der Waals surface area contributed by atoms with Gasteiger partial charge in [0.25, 0.3) is 0 Å². The maximum Gasteiger partial charge on any atom is 0.305 e. The minimum Gasteiger partial charge on any atom is -0.469 e. The first-order valence-corrected chi connectivity index (χ1v) is 7.56. The summed E-state index contributed by atoms with van der Waals surface area (Å²) in [6.45, 7) is 0. The molecule has 8 heteroatoms. The second-order valence-electron chi connectivity index (χ2n) is 3.38. The number of methoxy groups -OCH3 is 1. The molecule has 0 saturated carbocycles. The third-order valence-corrected chi connectivity index (χ3v) is 4.36. The van der Waals surface area contributed by atoms with E-state index in [1.165, 1.54) is 13.2 Å². The van der Waals surface area contributed by atoms with Crippen molar-refractivity contribution < 1.29 is 17.9 Å². The van der Waals surface area contributed by atoms with Crippen LogP contribution >= 0.6 is 11.3 Å². The van der Waals surface area contributed by atoms with Gasteiger partial charge in [-0.25, -0.2) is 8.42 Å². The normalized spacial score (nSPS) is 10.7. The zero-order valence-electron chi connectivity index (χ0n) is 9.67. The first kappa shape index (κ1) is 14.5. The second kappa shape index (κ2) is 6.37. The zero-order valence-corrected chi connectivity index (χ0v) is 11.3. The Labute approximate surface area is 109 Å². The van der Waals surface area contributed by atoms with Crippen molar-refractivity contribution in [3.63, 3.8) is 0 Å². The van der Waals surface area contributed by atoms with E-state index in [1.54, 1.807) is 5.38 Å². The van der Waals surface area contributed by atoms with Crippen molar-refractivity contribution in [2.75, 3.05) is 17.6 Å². The van der Waals surface area contributed by atoms with Crippen LogP contribution in [0.3, 0.4) is 0 Å². The highest BCUT2D eigenvalue weighted by atomic mass is 32.2. The summed E-state index contributed by atoms with van der Waals surface area (Å²) in [7, 11) is -2.29. The fraction of sp³-hybridized carbons (Fsp3) is 0.400. The van der Waals surface area contributed by atoms with E-state index in [9.17, 15) is 13.2 Å². The Morgan fingerprint density at radius 3 is 2.94 bits per heavy atom. The van der Waals surface area contributed by atoms with E-state index in [0.717, 1.165) is 11.3 Å². The van der Waals surface area contributed by atoms with Gasteiger partial charge in [0.15, 0.2) is 0 Å². The lowest BCUT2D eigenvalue weighted by atomic mass is 10.3. The molecule has 1 heterocycles. The maximum atomic E-state index is 11.7. The highest BCUT2D eigenvalue weighted by Crippen LogP contribution is 2.23. The van der Waals surface area contributed by atoms with Crippen LogP contribution in [0.2, 0.25) is 0 Å². The van der Waals surface area contributed by atoms with Crippen molar-refractivity contribution in [1.29, 1.82) is 5.26 Å². The SMILES string of the molecule is COC(=O)CCCS(=O)(=O)Nc1sccc1C#N. The molecule has 0 atom stereocenters. The Morgan fingerprint density at radius 2 is 2.33 bits per heavy atom. The van der Waals surface area contributed by atoms with Gasteiger partial charge in [-0.1, -0.05) is 0 Å². The van der Waals surface area contributed by atoms with Crippen molar-refractivity contribution in [2.45, 2.75) is 12.8 Å². The molecule has 0 aromatic carbocycles. The van der Waals surface area contributed by atoms with Gasteiger partial charge in [-0.05, 0) is 17.9 Å². The number of hydrogen-bond acceptors (Lipinski definition) is 6. The lowest BCUT2D eigenvalue weighted by Gasteiger charge is -2.05. The first-order chi connectivity index (χ1) is 8.48. The van der Waals surface area contributed by atoms with Crippen LogP contribution in [0, 0.1) is 11.3 Å². The summed E-state index contributed by atoms with van der Waals surface area (Å²) in [5.41, 5.74) is 0.288. The van der Waals surface area contributed by atoms with Crippen LogP contribution in [0.5, 0.6) is 0 Å².